The lowest BCUT2D eigenvalue weighted by molar-refractivity contribution is -0.136. The summed E-state index contributed by atoms with van der Waals surface area (Å²) in [6.07, 6.45) is -1.69. The van der Waals surface area contributed by atoms with Gasteiger partial charge < -0.3 is 15.1 Å². The fourth-order valence-electron chi connectivity index (χ4n) is 2.71. The van der Waals surface area contributed by atoms with Gasteiger partial charge >= 0.3 is 12.2 Å². The standard InChI is InChI=1S/C14H24F3N3O/c1-2-20(8-6-14(15,16)17)13(21)18-12-5-7-19(10-12)9-11-3-4-11/h11-12H,2-10H2,1H3,(H,18,21)/t12-/m0/s1. The molecule has 1 heterocycles. The number of urea groups is 1. The highest BCUT2D eigenvalue weighted by Gasteiger charge is 2.31. The quantitative estimate of drug-likeness (QED) is 0.818. The number of hydrogen-bond acceptors (Lipinski definition) is 2. The fraction of sp³-hybridized carbons (Fsp3) is 0.929. The largest absolute Gasteiger partial charge is 0.390 e. The Morgan fingerprint density at radius 3 is 2.62 bits per heavy atom. The van der Waals surface area contributed by atoms with Gasteiger partial charge in [-0.05, 0) is 32.1 Å². The molecule has 1 N–H and O–H groups in total. The van der Waals surface area contributed by atoms with Gasteiger partial charge in [-0.3, -0.25) is 0 Å². The molecular formula is C14H24F3N3O. The highest BCUT2D eigenvalue weighted by molar-refractivity contribution is 5.74. The van der Waals surface area contributed by atoms with E-state index in [1.165, 1.54) is 17.7 Å². The number of nitrogens with zero attached hydrogens (tertiary/aromatic N) is 2. The van der Waals surface area contributed by atoms with Gasteiger partial charge in [0.05, 0.1) is 6.42 Å². The second-order valence-corrected chi connectivity index (χ2v) is 6.08. The Bertz CT molecular complexity index is 358. The first-order valence-electron chi connectivity index (χ1n) is 7.72. The number of likely N-dealkylation sites (tertiary alicyclic amines) is 1. The number of carbonyl (C=O) groups excluding carboxylic acids is 1. The molecule has 0 aromatic rings. The number of carbonyl (C=O) groups is 1. The zero-order valence-corrected chi connectivity index (χ0v) is 12.5. The Hall–Kier alpha value is -0.980. The SMILES string of the molecule is CCN(CCC(F)(F)F)C(=O)N[C@H]1CCN(CC2CC2)C1. The monoisotopic (exact) mass is 307 g/mol. The van der Waals surface area contributed by atoms with Gasteiger partial charge in [-0.15, -0.1) is 0 Å². The van der Waals surface area contributed by atoms with E-state index in [4.69, 9.17) is 0 Å². The molecule has 0 radical (unpaired) electrons. The molecule has 0 aromatic heterocycles. The van der Waals surface area contributed by atoms with Crippen LogP contribution in [0.5, 0.6) is 0 Å². The molecule has 2 rings (SSSR count). The summed E-state index contributed by atoms with van der Waals surface area (Å²) < 4.78 is 36.7. The number of nitrogens with one attached hydrogen (secondary N) is 1. The molecule has 1 saturated heterocycles. The van der Waals surface area contributed by atoms with E-state index in [1.54, 1.807) is 6.92 Å². The van der Waals surface area contributed by atoms with E-state index in [0.717, 1.165) is 32.0 Å². The minimum Gasteiger partial charge on any atom is -0.334 e. The van der Waals surface area contributed by atoms with Crippen LogP contribution in [0.25, 0.3) is 0 Å². The molecule has 2 amide bonds. The number of hydrogen-bond donors (Lipinski definition) is 1. The van der Waals surface area contributed by atoms with E-state index in [1.807, 2.05) is 0 Å². The van der Waals surface area contributed by atoms with Crippen LogP contribution in [-0.4, -0.2) is 60.8 Å². The molecule has 2 fully saturated rings. The molecule has 2 aliphatic rings. The Balaban J connectivity index is 1.71. The van der Waals surface area contributed by atoms with E-state index in [-0.39, 0.29) is 18.6 Å². The molecule has 122 valence electrons. The first-order chi connectivity index (χ1) is 9.87. The lowest BCUT2D eigenvalue weighted by atomic mass is 10.2. The topological polar surface area (TPSA) is 35.6 Å². The van der Waals surface area contributed by atoms with Gasteiger partial charge in [0.1, 0.15) is 0 Å². The summed E-state index contributed by atoms with van der Waals surface area (Å²) in [5, 5.41) is 2.87. The predicted octanol–water partition coefficient (Wildman–Crippen LogP) is 2.45. The summed E-state index contributed by atoms with van der Waals surface area (Å²) in [4.78, 5) is 15.6. The molecular weight excluding hydrogens is 283 g/mol. The lowest BCUT2D eigenvalue weighted by Crippen LogP contribution is -2.46. The predicted molar refractivity (Wildman–Crippen MR) is 74.0 cm³/mol. The molecule has 0 bridgehead atoms. The summed E-state index contributed by atoms with van der Waals surface area (Å²) in [6, 6.07) is -0.309. The van der Waals surface area contributed by atoms with Crippen molar-refractivity contribution in [3.05, 3.63) is 0 Å². The highest BCUT2D eigenvalue weighted by atomic mass is 19.4. The summed E-state index contributed by atoms with van der Waals surface area (Å²) in [7, 11) is 0. The second kappa shape index (κ2) is 6.85. The van der Waals surface area contributed by atoms with Crippen LogP contribution in [0.1, 0.15) is 32.6 Å². The van der Waals surface area contributed by atoms with Crippen molar-refractivity contribution in [3.63, 3.8) is 0 Å². The van der Waals surface area contributed by atoms with Crippen molar-refractivity contribution < 1.29 is 18.0 Å². The van der Waals surface area contributed by atoms with Gasteiger partial charge in [0.15, 0.2) is 0 Å². The van der Waals surface area contributed by atoms with E-state index in [9.17, 15) is 18.0 Å². The highest BCUT2D eigenvalue weighted by Crippen LogP contribution is 2.30. The maximum Gasteiger partial charge on any atom is 0.390 e. The van der Waals surface area contributed by atoms with Crippen molar-refractivity contribution in [2.45, 2.75) is 44.8 Å². The summed E-state index contributed by atoms with van der Waals surface area (Å²) in [6.45, 7) is 4.60. The molecule has 1 aliphatic heterocycles. The lowest BCUT2D eigenvalue weighted by Gasteiger charge is -2.24. The van der Waals surface area contributed by atoms with E-state index < -0.39 is 12.6 Å². The summed E-state index contributed by atoms with van der Waals surface area (Å²) in [5.74, 6) is 0.818. The normalized spacial score (nSPS) is 23.3. The summed E-state index contributed by atoms with van der Waals surface area (Å²) in [5.41, 5.74) is 0. The van der Waals surface area contributed by atoms with Gasteiger partial charge in [0.25, 0.3) is 0 Å². The number of halogens is 3. The third-order valence-corrected chi connectivity index (χ3v) is 4.15. The average molecular weight is 307 g/mol. The van der Waals surface area contributed by atoms with Crippen LogP contribution < -0.4 is 5.32 Å². The van der Waals surface area contributed by atoms with Crippen molar-refractivity contribution in [1.82, 2.24) is 15.1 Å². The van der Waals surface area contributed by atoms with Gasteiger partial charge in [-0.2, -0.15) is 13.2 Å². The third kappa shape index (κ3) is 5.73. The maximum absolute atomic E-state index is 12.2. The Morgan fingerprint density at radius 2 is 2.05 bits per heavy atom. The first kappa shape index (κ1) is 16.4. The molecule has 0 unspecified atom stereocenters. The molecule has 0 spiro atoms. The van der Waals surface area contributed by atoms with Crippen molar-refractivity contribution in [2.75, 3.05) is 32.7 Å². The van der Waals surface area contributed by atoms with Crippen LogP contribution >= 0.6 is 0 Å². The molecule has 21 heavy (non-hydrogen) atoms. The Morgan fingerprint density at radius 1 is 1.33 bits per heavy atom. The zero-order valence-electron chi connectivity index (χ0n) is 12.5. The maximum atomic E-state index is 12.2. The second-order valence-electron chi connectivity index (χ2n) is 6.08. The van der Waals surface area contributed by atoms with Gasteiger partial charge in [-0.1, -0.05) is 0 Å². The van der Waals surface area contributed by atoms with Gasteiger partial charge in [0.2, 0.25) is 0 Å². The number of alkyl halides is 3. The van der Waals surface area contributed by atoms with Gasteiger partial charge in [-0.25, -0.2) is 4.79 Å². The summed E-state index contributed by atoms with van der Waals surface area (Å²) >= 11 is 0. The van der Waals surface area contributed by atoms with E-state index in [2.05, 4.69) is 10.2 Å². The fourth-order valence-corrected chi connectivity index (χ4v) is 2.71. The average Bonchev–Trinajstić information content (AvgIpc) is 3.08. The van der Waals surface area contributed by atoms with Crippen LogP contribution in [0.15, 0.2) is 0 Å². The van der Waals surface area contributed by atoms with Crippen molar-refractivity contribution in [1.29, 1.82) is 0 Å². The van der Waals surface area contributed by atoms with Crippen LogP contribution in [0, 0.1) is 5.92 Å². The minimum atomic E-state index is -4.22. The van der Waals surface area contributed by atoms with Crippen molar-refractivity contribution in [3.8, 4) is 0 Å². The Labute approximate surface area is 123 Å². The molecule has 1 aliphatic carbocycles. The smallest absolute Gasteiger partial charge is 0.334 e. The minimum absolute atomic E-state index is 0.0659. The van der Waals surface area contributed by atoms with Crippen LogP contribution in [0.4, 0.5) is 18.0 Å². The van der Waals surface area contributed by atoms with Crippen LogP contribution in [0.2, 0.25) is 0 Å². The van der Waals surface area contributed by atoms with Crippen LogP contribution in [0.3, 0.4) is 0 Å². The molecule has 1 atom stereocenters. The number of rotatable bonds is 6. The molecule has 4 nitrogen and oxygen atoms in total. The number of amides is 2. The molecule has 1 saturated carbocycles. The van der Waals surface area contributed by atoms with Crippen molar-refractivity contribution >= 4 is 6.03 Å². The van der Waals surface area contributed by atoms with Gasteiger partial charge in [0, 0.05) is 38.8 Å². The molecule has 7 heteroatoms. The first-order valence-corrected chi connectivity index (χ1v) is 7.72. The van der Waals surface area contributed by atoms with E-state index in [0.29, 0.717) is 6.54 Å². The Kier molecular flexibility index (Phi) is 5.35. The third-order valence-electron chi connectivity index (χ3n) is 4.15. The van der Waals surface area contributed by atoms with E-state index >= 15 is 0 Å². The molecule has 0 aromatic carbocycles. The zero-order chi connectivity index (χ0) is 15.5. The van der Waals surface area contributed by atoms with Crippen LogP contribution in [-0.2, 0) is 0 Å². The van der Waals surface area contributed by atoms with Crippen molar-refractivity contribution in [2.24, 2.45) is 5.92 Å².